The molecule has 2 unspecified atom stereocenters. The Labute approximate surface area is 186 Å². The molecular formula is C22H21F4N5O2. The molecule has 2 N–H and O–H groups in total. The third-order valence-electron chi connectivity index (χ3n) is 6.23. The Morgan fingerprint density at radius 2 is 1.82 bits per heavy atom. The molecule has 11 heteroatoms. The van der Waals surface area contributed by atoms with Crippen molar-refractivity contribution >= 4 is 28.3 Å². The number of carbonyl (C=O) groups is 1. The van der Waals surface area contributed by atoms with Gasteiger partial charge in [0, 0.05) is 24.0 Å². The number of hydrogen-bond donors (Lipinski definition) is 2. The zero-order chi connectivity index (χ0) is 23.3. The highest BCUT2D eigenvalue weighted by Crippen LogP contribution is 2.37. The number of pyridine rings is 1. The lowest BCUT2D eigenvalue weighted by atomic mass is 9.99. The van der Waals surface area contributed by atoms with E-state index < -0.39 is 24.6 Å². The van der Waals surface area contributed by atoms with E-state index >= 15 is 0 Å². The third-order valence-corrected chi connectivity index (χ3v) is 6.23. The lowest BCUT2D eigenvalue weighted by molar-refractivity contribution is -0.141. The minimum absolute atomic E-state index is 0.0347. The van der Waals surface area contributed by atoms with E-state index in [1.54, 1.807) is 4.90 Å². The van der Waals surface area contributed by atoms with Gasteiger partial charge in [0.25, 0.3) is 5.91 Å². The number of aliphatic hydroxyl groups is 1. The molecule has 2 bridgehead atoms. The Morgan fingerprint density at radius 3 is 2.45 bits per heavy atom. The molecule has 2 aromatic heterocycles. The van der Waals surface area contributed by atoms with Crippen LogP contribution in [0, 0.1) is 5.82 Å². The Balaban J connectivity index is 1.51. The number of hydrogen-bond acceptors (Lipinski definition) is 5. The fraction of sp³-hybridized carbons (Fsp3) is 0.409. The fourth-order valence-electron chi connectivity index (χ4n) is 4.85. The molecule has 0 radical (unpaired) electrons. The summed E-state index contributed by atoms with van der Waals surface area (Å²) in [6.07, 6.45) is -1.10. The van der Waals surface area contributed by atoms with E-state index in [-0.39, 0.29) is 35.0 Å². The van der Waals surface area contributed by atoms with Crippen molar-refractivity contribution in [3.05, 3.63) is 48.0 Å². The number of fused-ring (bicyclic) bond motifs is 3. The molecule has 0 spiro atoms. The first-order chi connectivity index (χ1) is 15.7. The van der Waals surface area contributed by atoms with Crippen LogP contribution in [0.15, 0.2) is 36.5 Å². The lowest BCUT2D eigenvalue weighted by Crippen LogP contribution is -2.48. The first-order valence-electron chi connectivity index (χ1n) is 10.6. The van der Waals surface area contributed by atoms with Crippen molar-refractivity contribution in [2.75, 3.05) is 5.32 Å². The van der Waals surface area contributed by atoms with Crippen molar-refractivity contribution in [1.29, 1.82) is 0 Å². The minimum atomic E-state index is -4.53. The van der Waals surface area contributed by atoms with E-state index in [4.69, 9.17) is 0 Å². The molecule has 0 aliphatic carbocycles. The Bertz CT molecular complexity index is 1180. The number of aliphatic hydroxyl groups excluding tert-OH is 1. The van der Waals surface area contributed by atoms with Gasteiger partial charge in [0.1, 0.15) is 18.1 Å². The van der Waals surface area contributed by atoms with Crippen LogP contribution in [-0.4, -0.2) is 55.0 Å². The minimum Gasteiger partial charge on any atom is -0.393 e. The predicted molar refractivity (Wildman–Crippen MR) is 111 cm³/mol. The molecule has 3 aromatic rings. The SMILES string of the molecule is O=C(c1cc2c(cn1)c(Nc1ccc(F)cc1)nn2CC(F)(F)F)N1C2CCC1CC(O)C2. The molecule has 2 fully saturated rings. The summed E-state index contributed by atoms with van der Waals surface area (Å²) in [5.41, 5.74) is 0.589. The van der Waals surface area contributed by atoms with Gasteiger partial charge in [0.2, 0.25) is 0 Å². The van der Waals surface area contributed by atoms with Crippen molar-refractivity contribution in [2.24, 2.45) is 0 Å². The average molecular weight is 463 g/mol. The molecule has 4 heterocycles. The van der Waals surface area contributed by atoms with Crippen LogP contribution < -0.4 is 5.32 Å². The standard InChI is InChI=1S/C22H21F4N5O2/c23-12-1-3-13(4-2-12)28-20-17-10-27-18(9-19(17)30(29-20)11-22(24,25)26)21(33)31-14-5-6-15(31)8-16(32)7-14/h1-4,9-10,14-16,32H,5-8,11H2,(H,28,29). The van der Waals surface area contributed by atoms with E-state index in [2.05, 4.69) is 15.4 Å². The number of aromatic nitrogens is 3. The van der Waals surface area contributed by atoms with Crippen LogP contribution >= 0.6 is 0 Å². The van der Waals surface area contributed by atoms with Gasteiger partial charge in [-0.25, -0.2) is 4.39 Å². The molecule has 2 saturated heterocycles. The van der Waals surface area contributed by atoms with Gasteiger partial charge >= 0.3 is 6.18 Å². The highest BCUT2D eigenvalue weighted by atomic mass is 19.4. The Kier molecular flexibility index (Phi) is 5.23. The zero-order valence-corrected chi connectivity index (χ0v) is 17.4. The van der Waals surface area contributed by atoms with E-state index in [0.717, 1.165) is 17.5 Å². The number of alkyl halides is 3. The summed E-state index contributed by atoms with van der Waals surface area (Å²) >= 11 is 0. The molecule has 33 heavy (non-hydrogen) atoms. The van der Waals surface area contributed by atoms with Crippen molar-refractivity contribution in [2.45, 2.75) is 56.6 Å². The van der Waals surface area contributed by atoms with Crippen molar-refractivity contribution < 1.29 is 27.5 Å². The molecule has 2 aliphatic heterocycles. The smallest absolute Gasteiger partial charge is 0.393 e. The zero-order valence-electron chi connectivity index (χ0n) is 17.4. The van der Waals surface area contributed by atoms with Crippen molar-refractivity contribution in [3.63, 3.8) is 0 Å². The monoisotopic (exact) mass is 463 g/mol. The van der Waals surface area contributed by atoms with Gasteiger partial charge in [-0.15, -0.1) is 0 Å². The number of amides is 1. The largest absolute Gasteiger partial charge is 0.408 e. The molecule has 2 atom stereocenters. The molecule has 1 amide bonds. The van der Waals surface area contributed by atoms with Gasteiger partial charge in [-0.3, -0.25) is 14.5 Å². The predicted octanol–water partition coefficient (Wildman–Crippen LogP) is 4.00. The van der Waals surface area contributed by atoms with E-state index in [0.29, 0.717) is 23.9 Å². The lowest BCUT2D eigenvalue weighted by Gasteiger charge is -2.37. The number of benzene rings is 1. The molecule has 174 valence electrons. The number of nitrogens with zero attached hydrogens (tertiary/aromatic N) is 4. The second kappa shape index (κ2) is 7.98. The van der Waals surface area contributed by atoms with Crippen LogP contribution in [0.1, 0.15) is 36.2 Å². The maximum absolute atomic E-state index is 13.2. The van der Waals surface area contributed by atoms with Gasteiger partial charge in [0.05, 0.1) is 17.0 Å². The van der Waals surface area contributed by atoms with Crippen LogP contribution in [0.5, 0.6) is 0 Å². The fourth-order valence-corrected chi connectivity index (χ4v) is 4.85. The summed E-state index contributed by atoms with van der Waals surface area (Å²) in [6.45, 7) is -1.34. The van der Waals surface area contributed by atoms with Gasteiger partial charge in [0.15, 0.2) is 5.82 Å². The van der Waals surface area contributed by atoms with Gasteiger partial charge in [-0.05, 0) is 56.0 Å². The average Bonchev–Trinajstić information content (AvgIpc) is 3.22. The maximum Gasteiger partial charge on any atom is 0.408 e. The summed E-state index contributed by atoms with van der Waals surface area (Å²) in [4.78, 5) is 19.2. The van der Waals surface area contributed by atoms with Crippen molar-refractivity contribution in [1.82, 2.24) is 19.7 Å². The van der Waals surface area contributed by atoms with Gasteiger partial charge < -0.3 is 15.3 Å². The highest BCUT2D eigenvalue weighted by Gasteiger charge is 2.43. The quantitative estimate of drug-likeness (QED) is 0.572. The Morgan fingerprint density at radius 1 is 1.15 bits per heavy atom. The molecule has 0 saturated carbocycles. The number of piperidine rings is 1. The number of rotatable bonds is 4. The molecule has 2 aliphatic rings. The summed E-state index contributed by atoms with van der Waals surface area (Å²) < 4.78 is 53.6. The normalized spacial score (nSPS) is 22.7. The summed E-state index contributed by atoms with van der Waals surface area (Å²) in [7, 11) is 0. The molecular weight excluding hydrogens is 442 g/mol. The van der Waals surface area contributed by atoms with Crippen molar-refractivity contribution in [3.8, 4) is 0 Å². The number of nitrogens with one attached hydrogen (secondary N) is 1. The third kappa shape index (κ3) is 4.24. The van der Waals surface area contributed by atoms with E-state index in [1.165, 1.54) is 36.5 Å². The summed E-state index contributed by atoms with van der Waals surface area (Å²) in [5.74, 6) is -0.686. The topological polar surface area (TPSA) is 83.3 Å². The molecule has 5 rings (SSSR count). The molecule has 1 aromatic carbocycles. The highest BCUT2D eigenvalue weighted by molar-refractivity contribution is 5.99. The second-order valence-electron chi connectivity index (χ2n) is 8.56. The van der Waals surface area contributed by atoms with Crippen LogP contribution in [0.4, 0.5) is 29.1 Å². The number of anilines is 2. The van der Waals surface area contributed by atoms with Crippen LogP contribution in [0.3, 0.4) is 0 Å². The molecule has 7 nitrogen and oxygen atoms in total. The Hall–Kier alpha value is -3.21. The van der Waals surface area contributed by atoms with E-state index in [9.17, 15) is 27.5 Å². The summed E-state index contributed by atoms with van der Waals surface area (Å²) in [5, 5.41) is 17.2. The first kappa shape index (κ1) is 21.6. The maximum atomic E-state index is 13.2. The first-order valence-corrected chi connectivity index (χ1v) is 10.6. The second-order valence-corrected chi connectivity index (χ2v) is 8.56. The van der Waals surface area contributed by atoms with Crippen LogP contribution in [0.25, 0.3) is 10.9 Å². The summed E-state index contributed by atoms with van der Waals surface area (Å²) in [6, 6.07) is 6.45. The van der Waals surface area contributed by atoms with Gasteiger partial charge in [-0.1, -0.05) is 0 Å². The van der Waals surface area contributed by atoms with E-state index in [1.807, 2.05) is 0 Å². The van der Waals surface area contributed by atoms with Gasteiger partial charge in [-0.2, -0.15) is 18.3 Å². The number of halogens is 4. The van der Waals surface area contributed by atoms with Crippen LogP contribution in [0.2, 0.25) is 0 Å². The number of carbonyl (C=O) groups excluding carboxylic acids is 1. The van der Waals surface area contributed by atoms with Crippen LogP contribution in [-0.2, 0) is 6.54 Å².